The second kappa shape index (κ2) is 13.1. The fourth-order valence-corrected chi connectivity index (χ4v) is 4.27. The Kier molecular flexibility index (Phi) is 11.2. The molecular weight excluding hydrogens is 487 g/mol. The molecule has 0 spiro atoms. The Morgan fingerprint density at radius 3 is 2.30 bits per heavy atom. The smallest absolute Gasteiger partial charge is 0.481 e. The fraction of sp³-hybridized carbons (Fsp3) is 0.421. The number of aryl methyl sites for hydroxylation is 2. The lowest BCUT2D eigenvalue weighted by atomic mass is 10.1. The second-order valence-electron chi connectivity index (χ2n) is 6.30. The van der Waals surface area contributed by atoms with Gasteiger partial charge >= 0.3 is 18.1 Å². The number of benzene rings is 1. The Labute approximate surface area is 194 Å². The van der Waals surface area contributed by atoms with E-state index in [0.717, 1.165) is 0 Å². The van der Waals surface area contributed by atoms with Crippen LogP contribution in [0.5, 0.6) is 0 Å². The summed E-state index contributed by atoms with van der Waals surface area (Å²) in [4.78, 5) is 48.0. The van der Waals surface area contributed by atoms with E-state index in [0.29, 0.717) is 46.9 Å². The molecule has 0 saturated heterocycles. The van der Waals surface area contributed by atoms with Gasteiger partial charge in [0.15, 0.2) is 0 Å². The molecule has 3 N–H and O–H groups in total. The minimum absolute atomic E-state index is 0.116. The van der Waals surface area contributed by atoms with E-state index in [9.17, 15) is 27.6 Å². The van der Waals surface area contributed by atoms with Crippen LogP contribution in [0.1, 0.15) is 29.4 Å². The van der Waals surface area contributed by atoms with Crippen molar-refractivity contribution in [2.45, 2.75) is 33.0 Å². The van der Waals surface area contributed by atoms with E-state index < -0.39 is 18.1 Å². The zero-order valence-electron chi connectivity index (χ0n) is 17.6. The number of amides is 1. The molecule has 1 aromatic heterocycles. The minimum Gasteiger partial charge on any atom is -0.481 e. The highest BCUT2D eigenvalue weighted by molar-refractivity contribution is 8.76. The number of alkyl halides is 3. The number of nitrogens with one attached hydrogen (secondary N) is 1. The van der Waals surface area contributed by atoms with Gasteiger partial charge in [0.2, 0.25) is 0 Å². The number of aliphatic carboxylic acids is 2. The largest absolute Gasteiger partial charge is 0.490 e. The normalized spacial score (nSPS) is 10.9. The van der Waals surface area contributed by atoms with Gasteiger partial charge in [-0.3, -0.25) is 14.4 Å². The number of hydrogen-bond acceptors (Lipinski definition) is 7. The first kappa shape index (κ1) is 28.3. The number of fused-ring (bicyclic) bond motifs is 1. The van der Waals surface area contributed by atoms with Crippen molar-refractivity contribution in [3.05, 3.63) is 39.8 Å². The summed E-state index contributed by atoms with van der Waals surface area (Å²) in [5.41, 5.74) is 2.12. The first-order valence-electron chi connectivity index (χ1n) is 9.44. The van der Waals surface area contributed by atoms with Gasteiger partial charge in [-0.05, 0) is 32.0 Å². The monoisotopic (exact) mass is 509 g/mol. The highest BCUT2D eigenvalue weighted by Gasteiger charge is 2.38. The lowest BCUT2D eigenvalue weighted by molar-refractivity contribution is -0.192. The lowest BCUT2D eigenvalue weighted by Gasteiger charge is -2.10. The van der Waals surface area contributed by atoms with Gasteiger partial charge in [0.05, 0.1) is 17.5 Å². The number of carbonyl (C=O) groups is 3. The summed E-state index contributed by atoms with van der Waals surface area (Å²) in [5.74, 6) is -2.52. The van der Waals surface area contributed by atoms with Gasteiger partial charge in [-0.2, -0.15) is 13.2 Å². The van der Waals surface area contributed by atoms with Crippen LogP contribution in [0.2, 0.25) is 0 Å². The summed E-state index contributed by atoms with van der Waals surface area (Å²) < 4.78 is 33.4. The maximum atomic E-state index is 12.3. The number of carboxylic acid groups (broad SMARTS) is 2. The Bertz CT molecular complexity index is 1060. The third-order valence-electron chi connectivity index (χ3n) is 3.88. The summed E-state index contributed by atoms with van der Waals surface area (Å²) in [6.07, 6.45) is -4.95. The molecule has 0 saturated carbocycles. The summed E-state index contributed by atoms with van der Waals surface area (Å²) in [6.45, 7) is 4.59. The number of rotatable bonds is 9. The Morgan fingerprint density at radius 1 is 1.15 bits per heavy atom. The second-order valence-corrected chi connectivity index (χ2v) is 9.00. The quantitative estimate of drug-likeness (QED) is 0.344. The molecule has 2 aromatic rings. The van der Waals surface area contributed by atoms with E-state index in [-0.39, 0.29) is 17.9 Å². The van der Waals surface area contributed by atoms with Crippen LogP contribution in [0.15, 0.2) is 23.0 Å². The van der Waals surface area contributed by atoms with E-state index in [1.807, 2.05) is 6.92 Å². The molecule has 9 nitrogen and oxygen atoms in total. The first-order valence-corrected chi connectivity index (χ1v) is 11.9. The number of halogens is 3. The van der Waals surface area contributed by atoms with Gasteiger partial charge in [-0.25, -0.2) is 9.78 Å². The van der Waals surface area contributed by atoms with Crippen LogP contribution >= 0.6 is 21.6 Å². The molecule has 2 rings (SSSR count). The Balaban J connectivity index is 0.000000675. The summed E-state index contributed by atoms with van der Waals surface area (Å²) in [5, 5.41) is 18.5. The average molecular weight is 510 g/mol. The number of carboxylic acids is 2. The molecule has 0 unspecified atom stereocenters. The molecule has 182 valence electrons. The minimum atomic E-state index is -5.08. The van der Waals surface area contributed by atoms with E-state index in [1.165, 1.54) is 21.6 Å². The molecule has 1 amide bonds. The topological polar surface area (TPSA) is 139 Å². The molecule has 0 bridgehead atoms. The highest BCUT2D eigenvalue weighted by Crippen LogP contribution is 2.21. The first-order chi connectivity index (χ1) is 15.4. The van der Waals surface area contributed by atoms with E-state index in [2.05, 4.69) is 10.3 Å². The van der Waals surface area contributed by atoms with Crippen LogP contribution in [0.4, 0.5) is 13.2 Å². The van der Waals surface area contributed by atoms with E-state index >= 15 is 0 Å². The summed E-state index contributed by atoms with van der Waals surface area (Å²) >= 11 is 0. The average Bonchev–Trinajstić information content (AvgIpc) is 2.73. The third-order valence-corrected chi connectivity index (χ3v) is 6.29. The van der Waals surface area contributed by atoms with Crippen LogP contribution in [0.25, 0.3) is 11.0 Å². The SMILES string of the molecule is CCn1c(=O)c(C)nc2cc(C(=O)NCCSSCCC(=O)O)ccc21.O=C(O)C(F)(F)F. The van der Waals surface area contributed by atoms with Crippen molar-refractivity contribution in [1.82, 2.24) is 14.9 Å². The van der Waals surface area contributed by atoms with Crippen molar-refractivity contribution in [2.75, 3.05) is 18.1 Å². The lowest BCUT2D eigenvalue weighted by Crippen LogP contribution is -2.26. The molecular formula is C19H22F3N3O6S2. The van der Waals surface area contributed by atoms with E-state index in [4.69, 9.17) is 15.0 Å². The third kappa shape index (κ3) is 9.34. The van der Waals surface area contributed by atoms with Crippen molar-refractivity contribution < 1.29 is 37.8 Å². The van der Waals surface area contributed by atoms with Crippen molar-refractivity contribution >= 4 is 50.5 Å². The molecule has 0 atom stereocenters. The van der Waals surface area contributed by atoms with Gasteiger partial charge in [0.1, 0.15) is 5.69 Å². The van der Waals surface area contributed by atoms with Crippen molar-refractivity contribution in [3.8, 4) is 0 Å². The molecule has 1 heterocycles. The molecule has 0 aliphatic heterocycles. The van der Waals surface area contributed by atoms with Crippen molar-refractivity contribution in [1.29, 1.82) is 0 Å². The predicted octanol–water partition coefficient (Wildman–Crippen LogP) is 2.94. The van der Waals surface area contributed by atoms with Crippen molar-refractivity contribution in [2.24, 2.45) is 0 Å². The van der Waals surface area contributed by atoms with Crippen LogP contribution in [-0.2, 0) is 16.1 Å². The molecule has 1 aromatic carbocycles. The zero-order valence-corrected chi connectivity index (χ0v) is 19.3. The fourth-order valence-electron chi connectivity index (χ4n) is 2.38. The Morgan fingerprint density at radius 2 is 1.76 bits per heavy atom. The Hall–Kier alpha value is -2.74. The zero-order chi connectivity index (χ0) is 25.2. The summed E-state index contributed by atoms with van der Waals surface area (Å²) in [7, 11) is 3.01. The van der Waals surface area contributed by atoms with Crippen LogP contribution < -0.4 is 10.9 Å². The van der Waals surface area contributed by atoms with E-state index in [1.54, 1.807) is 29.7 Å². The molecule has 14 heteroatoms. The summed E-state index contributed by atoms with van der Waals surface area (Å²) in [6, 6.07) is 5.13. The molecule has 0 aliphatic carbocycles. The number of aromatic nitrogens is 2. The van der Waals surface area contributed by atoms with Crippen LogP contribution in [-0.4, -0.2) is 61.8 Å². The van der Waals surface area contributed by atoms with Gasteiger partial charge in [-0.1, -0.05) is 21.6 Å². The maximum absolute atomic E-state index is 12.3. The number of carbonyl (C=O) groups excluding carboxylic acids is 1. The molecule has 0 radical (unpaired) electrons. The molecule has 0 aliphatic rings. The molecule has 33 heavy (non-hydrogen) atoms. The maximum Gasteiger partial charge on any atom is 0.490 e. The van der Waals surface area contributed by atoms with Gasteiger partial charge in [0, 0.05) is 30.2 Å². The molecule has 0 fully saturated rings. The van der Waals surface area contributed by atoms with Gasteiger partial charge < -0.3 is 20.1 Å². The number of hydrogen-bond donors (Lipinski definition) is 3. The highest BCUT2D eigenvalue weighted by atomic mass is 33.1. The van der Waals surface area contributed by atoms with Crippen LogP contribution in [0, 0.1) is 6.92 Å². The van der Waals surface area contributed by atoms with Crippen LogP contribution in [0.3, 0.4) is 0 Å². The van der Waals surface area contributed by atoms with Gasteiger partial charge in [0.25, 0.3) is 11.5 Å². The van der Waals surface area contributed by atoms with Gasteiger partial charge in [-0.15, -0.1) is 0 Å². The number of nitrogens with zero attached hydrogens (tertiary/aromatic N) is 2. The predicted molar refractivity (Wildman–Crippen MR) is 120 cm³/mol. The standard InChI is InChI=1S/C17H21N3O4S2.C2HF3O2/c1-3-20-14-5-4-12(10-13(14)19-11(2)17(20)24)16(23)18-7-9-26-25-8-6-15(21)22;3-2(4,5)1(6)7/h4-5,10H,3,6-9H2,1-2H3,(H,18,23)(H,21,22);(H,6,7). The van der Waals surface area contributed by atoms with Crippen molar-refractivity contribution in [3.63, 3.8) is 0 Å².